The van der Waals surface area contributed by atoms with Gasteiger partial charge in [-0.15, -0.1) is 0 Å². The van der Waals surface area contributed by atoms with Gasteiger partial charge in [0.1, 0.15) is 11.1 Å². The summed E-state index contributed by atoms with van der Waals surface area (Å²) in [5.41, 5.74) is 0.113. The summed E-state index contributed by atoms with van der Waals surface area (Å²) in [6.07, 6.45) is 4.08. The predicted molar refractivity (Wildman–Crippen MR) is 78.1 cm³/mol. The maximum atomic E-state index is 12.0. The first kappa shape index (κ1) is 14.8. The van der Waals surface area contributed by atoms with Crippen LogP contribution in [-0.4, -0.2) is 40.2 Å². The third-order valence-electron chi connectivity index (χ3n) is 3.47. The number of nitrogens with zero attached hydrogens (tertiary/aromatic N) is 3. The van der Waals surface area contributed by atoms with Crippen LogP contribution in [0.15, 0.2) is 11.0 Å². The molecular formula is C13H19ClN4O2. The fourth-order valence-electron chi connectivity index (χ4n) is 2.18. The average molecular weight is 299 g/mol. The van der Waals surface area contributed by atoms with Crippen molar-refractivity contribution in [2.75, 3.05) is 18.9 Å². The molecule has 2 heterocycles. The Labute approximate surface area is 122 Å². The summed E-state index contributed by atoms with van der Waals surface area (Å²) in [7, 11) is 1.76. The molecular weight excluding hydrogens is 280 g/mol. The van der Waals surface area contributed by atoms with Crippen molar-refractivity contribution in [3.05, 3.63) is 21.6 Å². The number of amides is 1. The maximum absolute atomic E-state index is 12.0. The number of likely N-dealkylation sites (N-methyl/N-ethyl adjacent to an activating group) is 1. The Hall–Kier alpha value is -1.56. The molecule has 20 heavy (non-hydrogen) atoms. The van der Waals surface area contributed by atoms with Gasteiger partial charge in [0.25, 0.3) is 5.56 Å². The Kier molecular flexibility index (Phi) is 4.65. The number of anilines is 1. The van der Waals surface area contributed by atoms with Crippen molar-refractivity contribution in [3.8, 4) is 0 Å². The molecule has 1 saturated heterocycles. The van der Waals surface area contributed by atoms with Gasteiger partial charge in [-0.3, -0.25) is 9.59 Å². The third kappa shape index (κ3) is 2.95. The second kappa shape index (κ2) is 6.26. The topological polar surface area (TPSA) is 67.2 Å². The summed E-state index contributed by atoms with van der Waals surface area (Å²) in [4.78, 5) is 25.5. The van der Waals surface area contributed by atoms with Crippen molar-refractivity contribution in [2.24, 2.45) is 0 Å². The Bertz CT molecular complexity index is 558. The van der Waals surface area contributed by atoms with E-state index in [9.17, 15) is 9.59 Å². The molecule has 0 saturated carbocycles. The molecule has 0 bridgehead atoms. The smallest absolute Gasteiger partial charge is 0.287 e. The summed E-state index contributed by atoms with van der Waals surface area (Å²) in [5.74, 6) is 0.0104. The SMILES string of the molecule is CCCCn1ncc(NC2CCN(C)C2=O)c(Cl)c1=O. The van der Waals surface area contributed by atoms with Crippen molar-refractivity contribution in [2.45, 2.75) is 38.8 Å². The highest BCUT2D eigenvalue weighted by Crippen LogP contribution is 2.20. The summed E-state index contributed by atoms with van der Waals surface area (Å²) in [6.45, 7) is 3.31. The van der Waals surface area contributed by atoms with Crippen LogP contribution >= 0.6 is 11.6 Å². The standard InChI is InChI=1S/C13H19ClN4O2/c1-3-4-6-18-13(20)11(14)10(8-15-18)16-9-5-7-17(2)12(9)19/h8-9,16H,3-7H2,1-2H3. The second-order valence-corrected chi connectivity index (χ2v) is 5.38. The molecule has 1 aromatic heterocycles. The molecule has 1 aliphatic rings. The monoisotopic (exact) mass is 298 g/mol. The lowest BCUT2D eigenvalue weighted by Gasteiger charge is -2.14. The summed E-state index contributed by atoms with van der Waals surface area (Å²) >= 11 is 6.08. The largest absolute Gasteiger partial charge is 0.371 e. The second-order valence-electron chi connectivity index (χ2n) is 5.00. The first-order valence-electron chi connectivity index (χ1n) is 6.81. The van der Waals surface area contributed by atoms with E-state index in [1.54, 1.807) is 11.9 Å². The number of nitrogens with one attached hydrogen (secondary N) is 1. The number of rotatable bonds is 5. The van der Waals surface area contributed by atoms with Crippen LogP contribution in [0.1, 0.15) is 26.2 Å². The molecule has 1 aliphatic heterocycles. The van der Waals surface area contributed by atoms with Crippen LogP contribution in [0, 0.1) is 0 Å². The molecule has 0 radical (unpaired) electrons. The van der Waals surface area contributed by atoms with Gasteiger partial charge in [-0.2, -0.15) is 5.10 Å². The molecule has 0 aliphatic carbocycles. The quantitative estimate of drug-likeness (QED) is 0.891. The third-order valence-corrected chi connectivity index (χ3v) is 3.83. The zero-order chi connectivity index (χ0) is 14.7. The molecule has 1 N–H and O–H groups in total. The van der Waals surface area contributed by atoms with Crippen molar-refractivity contribution >= 4 is 23.2 Å². The van der Waals surface area contributed by atoms with Gasteiger partial charge in [-0.1, -0.05) is 24.9 Å². The van der Waals surface area contributed by atoms with Crippen LogP contribution < -0.4 is 10.9 Å². The minimum absolute atomic E-state index is 0.0104. The zero-order valence-corrected chi connectivity index (χ0v) is 12.5. The van der Waals surface area contributed by atoms with E-state index in [1.165, 1.54) is 10.9 Å². The van der Waals surface area contributed by atoms with Crippen LogP contribution in [0.25, 0.3) is 0 Å². The van der Waals surface area contributed by atoms with Crippen LogP contribution in [0.3, 0.4) is 0 Å². The number of likely N-dealkylation sites (tertiary alicyclic amines) is 1. The van der Waals surface area contributed by atoms with E-state index in [1.807, 2.05) is 6.92 Å². The summed E-state index contributed by atoms with van der Waals surface area (Å²) < 4.78 is 1.36. The first-order valence-corrected chi connectivity index (χ1v) is 7.19. The molecule has 1 atom stereocenters. The molecule has 110 valence electrons. The molecule has 7 heteroatoms. The highest BCUT2D eigenvalue weighted by molar-refractivity contribution is 6.33. The fraction of sp³-hybridized carbons (Fsp3) is 0.615. The number of halogens is 1. The number of hydrogen-bond donors (Lipinski definition) is 1. The highest BCUT2D eigenvalue weighted by Gasteiger charge is 2.29. The number of unbranched alkanes of at least 4 members (excludes halogenated alkanes) is 1. The van der Waals surface area contributed by atoms with Gasteiger partial charge in [0.05, 0.1) is 11.9 Å². The number of carbonyl (C=O) groups is 1. The molecule has 0 spiro atoms. The number of aryl methyl sites for hydroxylation is 1. The van der Waals surface area contributed by atoms with Crippen LogP contribution in [0.4, 0.5) is 5.69 Å². The van der Waals surface area contributed by atoms with Crippen LogP contribution in [0.5, 0.6) is 0 Å². The van der Waals surface area contributed by atoms with Crippen LogP contribution in [-0.2, 0) is 11.3 Å². The van der Waals surface area contributed by atoms with E-state index in [0.29, 0.717) is 25.2 Å². The average Bonchev–Trinajstić information content (AvgIpc) is 2.75. The molecule has 0 aromatic carbocycles. The van der Waals surface area contributed by atoms with Crippen LogP contribution in [0.2, 0.25) is 5.02 Å². The maximum Gasteiger partial charge on any atom is 0.287 e. The van der Waals surface area contributed by atoms with Crippen molar-refractivity contribution < 1.29 is 4.79 Å². The van der Waals surface area contributed by atoms with Gasteiger partial charge < -0.3 is 10.2 Å². The van der Waals surface area contributed by atoms with Crippen molar-refractivity contribution in [3.63, 3.8) is 0 Å². The number of aromatic nitrogens is 2. The molecule has 1 unspecified atom stereocenters. The van der Waals surface area contributed by atoms with Gasteiger partial charge >= 0.3 is 0 Å². The lowest BCUT2D eigenvalue weighted by Crippen LogP contribution is -2.32. The molecule has 1 amide bonds. The van der Waals surface area contributed by atoms with Crippen molar-refractivity contribution in [1.29, 1.82) is 0 Å². The van der Waals surface area contributed by atoms with Gasteiger partial charge in [-0.25, -0.2) is 4.68 Å². The van der Waals surface area contributed by atoms with E-state index in [-0.39, 0.29) is 22.5 Å². The number of hydrogen-bond acceptors (Lipinski definition) is 4. The van der Waals surface area contributed by atoms with Gasteiger partial charge in [-0.05, 0) is 12.8 Å². The first-order chi connectivity index (χ1) is 9.54. The number of carbonyl (C=O) groups excluding carboxylic acids is 1. The van der Waals surface area contributed by atoms with E-state index in [0.717, 1.165) is 12.8 Å². The Morgan fingerprint density at radius 1 is 1.50 bits per heavy atom. The lowest BCUT2D eigenvalue weighted by molar-refractivity contribution is -0.127. The van der Waals surface area contributed by atoms with Gasteiger partial charge in [0.2, 0.25) is 5.91 Å². The molecule has 2 rings (SSSR count). The van der Waals surface area contributed by atoms with Crippen molar-refractivity contribution in [1.82, 2.24) is 14.7 Å². The zero-order valence-electron chi connectivity index (χ0n) is 11.7. The van der Waals surface area contributed by atoms with E-state index in [2.05, 4.69) is 10.4 Å². The minimum Gasteiger partial charge on any atom is -0.371 e. The lowest BCUT2D eigenvalue weighted by atomic mass is 10.2. The van der Waals surface area contributed by atoms with Gasteiger partial charge in [0.15, 0.2) is 0 Å². The highest BCUT2D eigenvalue weighted by atomic mass is 35.5. The van der Waals surface area contributed by atoms with E-state index in [4.69, 9.17) is 11.6 Å². The normalized spacial score (nSPS) is 18.6. The summed E-state index contributed by atoms with van der Waals surface area (Å²) in [5, 5.41) is 7.21. The van der Waals surface area contributed by atoms with E-state index >= 15 is 0 Å². The molecule has 1 fully saturated rings. The van der Waals surface area contributed by atoms with Gasteiger partial charge in [0, 0.05) is 20.1 Å². The molecule has 6 nitrogen and oxygen atoms in total. The Morgan fingerprint density at radius 2 is 2.25 bits per heavy atom. The fourth-order valence-corrected chi connectivity index (χ4v) is 2.38. The Balaban J connectivity index is 2.15. The van der Waals surface area contributed by atoms with E-state index < -0.39 is 0 Å². The predicted octanol–water partition coefficient (Wildman–Crippen LogP) is 1.34. The molecule has 1 aromatic rings. The minimum atomic E-state index is -0.329. The Morgan fingerprint density at radius 3 is 2.85 bits per heavy atom. The summed E-state index contributed by atoms with van der Waals surface area (Å²) in [6, 6.07) is -0.329.